The lowest BCUT2D eigenvalue weighted by Gasteiger charge is -2.19. The topological polar surface area (TPSA) is 50.4 Å². The maximum absolute atomic E-state index is 11.5. The summed E-state index contributed by atoms with van der Waals surface area (Å²) in [6, 6.07) is 6.10. The van der Waals surface area contributed by atoms with Gasteiger partial charge in [0.25, 0.3) is 0 Å². The van der Waals surface area contributed by atoms with Gasteiger partial charge in [0, 0.05) is 12.1 Å². The molecule has 4 heteroatoms. The minimum absolute atomic E-state index is 0.0146. The highest BCUT2D eigenvalue weighted by Crippen LogP contribution is 2.23. The molecule has 0 aliphatic rings. The molecule has 2 N–H and O–H groups in total. The van der Waals surface area contributed by atoms with E-state index in [1.165, 1.54) is 0 Å². The number of likely N-dealkylation sites (N-methyl/N-ethyl adjacent to an activating group) is 1. The van der Waals surface area contributed by atoms with Crippen molar-refractivity contribution in [1.82, 2.24) is 10.6 Å². The van der Waals surface area contributed by atoms with Gasteiger partial charge in [0.15, 0.2) is 0 Å². The third kappa shape index (κ3) is 6.63. The third-order valence-electron chi connectivity index (χ3n) is 3.17. The van der Waals surface area contributed by atoms with Crippen molar-refractivity contribution in [3.05, 3.63) is 29.3 Å². The number of carbonyl (C=O) groups excluding carboxylic acids is 1. The molecule has 1 amide bonds. The number of amides is 1. The molecule has 0 bridgehead atoms. The number of hydrogen-bond acceptors (Lipinski definition) is 3. The molecule has 0 heterocycles. The zero-order valence-corrected chi connectivity index (χ0v) is 13.8. The zero-order chi connectivity index (χ0) is 15.8. The largest absolute Gasteiger partial charge is 0.490 e. The average Bonchev–Trinajstić information content (AvgIpc) is 2.37. The van der Waals surface area contributed by atoms with E-state index in [-0.39, 0.29) is 12.0 Å². The summed E-state index contributed by atoms with van der Waals surface area (Å²) in [5.74, 6) is 1.45. The smallest absolute Gasteiger partial charge is 0.234 e. The molecular formula is C17H28N2O2. The molecule has 1 rings (SSSR count). The quantitative estimate of drug-likeness (QED) is 0.774. The van der Waals surface area contributed by atoms with Crippen molar-refractivity contribution in [2.75, 3.05) is 13.6 Å². The lowest BCUT2D eigenvalue weighted by Crippen LogP contribution is -2.31. The van der Waals surface area contributed by atoms with Crippen LogP contribution in [0.15, 0.2) is 18.2 Å². The van der Waals surface area contributed by atoms with E-state index in [1.807, 2.05) is 25.1 Å². The van der Waals surface area contributed by atoms with E-state index in [1.54, 1.807) is 7.05 Å². The Hall–Kier alpha value is -1.55. The first-order chi connectivity index (χ1) is 9.92. The molecule has 1 aromatic rings. The summed E-state index contributed by atoms with van der Waals surface area (Å²) >= 11 is 0. The van der Waals surface area contributed by atoms with Crippen LogP contribution in [0.25, 0.3) is 0 Å². The van der Waals surface area contributed by atoms with Gasteiger partial charge in [0.2, 0.25) is 5.91 Å². The fourth-order valence-electron chi connectivity index (χ4n) is 2.26. The third-order valence-corrected chi connectivity index (χ3v) is 3.17. The fraction of sp³-hybridized carbons (Fsp3) is 0.588. The van der Waals surface area contributed by atoms with Gasteiger partial charge in [-0.1, -0.05) is 26.0 Å². The van der Waals surface area contributed by atoms with Gasteiger partial charge in [0.05, 0.1) is 12.6 Å². The Bertz CT molecular complexity index is 458. The van der Waals surface area contributed by atoms with Crippen LogP contribution in [-0.2, 0) is 11.3 Å². The highest BCUT2D eigenvalue weighted by atomic mass is 16.5. The number of ether oxygens (including phenoxy) is 1. The van der Waals surface area contributed by atoms with Crippen LogP contribution < -0.4 is 15.4 Å². The summed E-state index contributed by atoms with van der Waals surface area (Å²) in [6.07, 6.45) is 1.18. The molecular weight excluding hydrogens is 264 g/mol. The van der Waals surface area contributed by atoms with Gasteiger partial charge in [-0.15, -0.1) is 0 Å². The van der Waals surface area contributed by atoms with Crippen LogP contribution in [-0.4, -0.2) is 25.6 Å². The van der Waals surface area contributed by atoms with Crippen molar-refractivity contribution in [2.24, 2.45) is 5.92 Å². The predicted octanol–water partition coefficient (Wildman–Crippen LogP) is 2.64. The molecule has 0 spiro atoms. The van der Waals surface area contributed by atoms with E-state index >= 15 is 0 Å². The van der Waals surface area contributed by atoms with E-state index in [2.05, 4.69) is 31.4 Å². The molecule has 0 aromatic heterocycles. The first kappa shape index (κ1) is 17.5. The zero-order valence-electron chi connectivity index (χ0n) is 13.8. The van der Waals surface area contributed by atoms with Crippen LogP contribution >= 0.6 is 0 Å². The van der Waals surface area contributed by atoms with Gasteiger partial charge in [0.1, 0.15) is 5.75 Å². The van der Waals surface area contributed by atoms with Crippen LogP contribution in [0.5, 0.6) is 5.75 Å². The van der Waals surface area contributed by atoms with Crippen molar-refractivity contribution >= 4 is 5.91 Å². The van der Waals surface area contributed by atoms with Gasteiger partial charge in [-0.3, -0.25) is 4.79 Å². The Morgan fingerprint density at radius 3 is 2.62 bits per heavy atom. The van der Waals surface area contributed by atoms with E-state index < -0.39 is 0 Å². The normalized spacial score (nSPS) is 12.3. The van der Waals surface area contributed by atoms with Crippen molar-refractivity contribution in [3.8, 4) is 5.75 Å². The maximum atomic E-state index is 11.5. The van der Waals surface area contributed by atoms with Crippen LogP contribution in [0.4, 0.5) is 0 Å². The number of rotatable bonds is 8. The Labute approximate surface area is 128 Å². The first-order valence-corrected chi connectivity index (χ1v) is 7.59. The second kappa shape index (κ2) is 8.67. The van der Waals surface area contributed by atoms with Crippen molar-refractivity contribution < 1.29 is 9.53 Å². The summed E-state index contributed by atoms with van der Waals surface area (Å²) in [6.45, 7) is 9.33. The summed E-state index contributed by atoms with van der Waals surface area (Å²) in [5, 5.41) is 5.73. The van der Waals surface area contributed by atoms with E-state index in [0.29, 0.717) is 19.0 Å². The predicted molar refractivity (Wildman–Crippen MR) is 86.5 cm³/mol. The number of nitrogens with one attached hydrogen (secondary N) is 2. The minimum Gasteiger partial charge on any atom is -0.490 e. The van der Waals surface area contributed by atoms with Gasteiger partial charge >= 0.3 is 0 Å². The molecule has 118 valence electrons. The van der Waals surface area contributed by atoms with Gasteiger partial charge < -0.3 is 15.4 Å². The monoisotopic (exact) mass is 292 g/mol. The van der Waals surface area contributed by atoms with Crippen LogP contribution in [0.1, 0.15) is 38.3 Å². The fourth-order valence-corrected chi connectivity index (χ4v) is 2.26. The Kier molecular flexibility index (Phi) is 7.23. The van der Waals surface area contributed by atoms with Gasteiger partial charge in [-0.05, 0) is 44.9 Å². The summed E-state index contributed by atoms with van der Waals surface area (Å²) < 4.78 is 6.06. The summed E-state index contributed by atoms with van der Waals surface area (Å²) in [7, 11) is 1.76. The van der Waals surface area contributed by atoms with E-state index in [4.69, 9.17) is 4.74 Å². The van der Waals surface area contributed by atoms with Crippen molar-refractivity contribution in [1.29, 1.82) is 0 Å². The van der Waals surface area contributed by atoms with Crippen LogP contribution in [0, 0.1) is 12.8 Å². The van der Waals surface area contributed by atoms with E-state index in [0.717, 1.165) is 23.3 Å². The SMILES string of the molecule is CNCC(=O)NCc1ccc(C)cc1OC(C)CC(C)C. The number of aryl methyl sites for hydroxylation is 1. The molecule has 0 saturated carbocycles. The average molecular weight is 292 g/mol. The lowest BCUT2D eigenvalue weighted by molar-refractivity contribution is -0.120. The van der Waals surface area contributed by atoms with Crippen LogP contribution in [0.3, 0.4) is 0 Å². The molecule has 4 nitrogen and oxygen atoms in total. The van der Waals surface area contributed by atoms with Crippen molar-refractivity contribution in [3.63, 3.8) is 0 Å². The molecule has 0 aliphatic heterocycles. The molecule has 0 radical (unpaired) electrons. The Morgan fingerprint density at radius 1 is 1.29 bits per heavy atom. The Balaban J connectivity index is 2.72. The lowest BCUT2D eigenvalue weighted by atomic mass is 10.1. The first-order valence-electron chi connectivity index (χ1n) is 7.59. The highest BCUT2D eigenvalue weighted by Gasteiger charge is 2.11. The molecule has 1 unspecified atom stereocenters. The second-order valence-corrected chi connectivity index (χ2v) is 5.98. The standard InChI is InChI=1S/C17H28N2O2/c1-12(2)8-14(4)21-16-9-13(3)6-7-15(16)10-19-17(20)11-18-5/h6-7,9,12,14,18H,8,10-11H2,1-5H3,(H,19,20). The summed E-state index contributed by atoms with van der Waals surface area (Å²) in [5.41, 5.74) is 2.17. The maximum Gasteiger partial charge on any atom is 0.234 e. The van der Waals surface area contributed by atoms with Crippen LogP contribution in [0.2, 0.25) is 0 Å². The minimum atomic E-state index is -0.0146. The van der Waals surface area contributed by atoms with Crippen molar-refractivity contribution in [2.45, 2.75) is 46.8 Å². The number of carbonyl (C=O) groups is 1. The molecule has 1 aromatic carbocycles. The van der Waals surface area contributed by atoms with Gasteiger partial charge in [-0.2, -0.15) is 0 Å². The summed E-state index contributed by atoms with van der Waals surface area (Å²) in [4.78, 5) is 11.5. The Morgan fingerprint density at radius 2 is 2.00 bits per heavy atom. The second-order valence-electron chi connectivity index (χ2n) is 5.98. The molecule has 1 atom stereocenters. The van der Waals surface area contributed by atoms with Gasteiger partial charge in [-0.25, -0.2) is 0 Å². The molecule has 0 aliphatic carbocycles. The molecule has 21 heavy (non-hydrogen) atoms. The molecule has 0 fully saturated rings. The molecule has 0 saturated heterocycles. The highest BCUT2D eigenvalue weighted by molar-refractivity contribution is 5.78. The number of benzene rings is 1. The number of hydrogen-bond donors (Lipinski definition) is 2. The van der Waals surface area contributed by atoms with E-state index in [9.17, 15) is 4.79 Å².